The van der Waals surface area contributed by atoms with Crippen LogP contribution in [0.25, 0.3) is 0 Å². The average Bonchev–Trinajstić information content (AvgIpc) is 2.66. The third-order valence-electron chi connectivity index (χ3n) is 5.01. The lowest BCUT2D eigenvalue weighted by molar-refractivity contribution is -0.384. The SMILES string of the molecule is CC[C@H](C(=O)N[C@H](C)c1ccc(C)c(C)c1)N(c1cccc([N+](=O)[O-])c1)S(C)(=O)=O. The third kappa shape index (κ3) is 5.35. The van der Waals surface area contributed by atoms with Crippen LogP contribution in [-0.2, 0) is 14.8 Å². The summed E-state index contributed by atoms with van der Waals surface area (Å²) in [5.41, 5.74) is 2.96. The van der Waals surface area contributed by atoms with Gasteiger partial charge in [-0.3, -0.25) is 19.2 Å². The summed E-state index contributed by atoms with van der Waals surface area (Å²) < 4.78 is 26.0. The average molecular weight is 434 g/mol. The van der Waals surface area contributed by atoms with Gasteiger partial charge >= 0.3 is 0 Å². The van der Waals surface area contributed by atoms with Crippen molar-refractivity contribution >= 4 is 27.3 Å². The largest absolute Gasteiger partial charge is 0.348 e. The van der Waals surface area contributed by atoms with E-state index in [9.17, 15) is 23.3 Å². The first-order valence-corrected chi connectivity index (χ1v) is 11.4. The number of aryl methyl sites for hydroxylation is 2. The molecular weight excluding hydrogens is 406 g/mol. The fraction of sp³-hybridized carbons (Fsp3) is 0.381. The van der Waals surface area contributed by atoms with Crippen molar-refractivity contribution in [3.05, 3.63) is 69.3 Å². The van der Waals surface area contributed by atoms with Crippen LogP contribution in [-0.4, -0.2) is 31.5 Å². The van der Waals surface area contributed by atoms with Crippen LogP contribution in [0.5, 0.6) is 0 Å². The molecule has 0 heterocycles. The number of carbonyl (C=O) groups excluding carboxylic acids is 1. The Balaban J connectivity index is 2.37. The van der Waals surface area contributed by atoms with Crippen LogP contribution in [0.1, 0.15) is 43.0 Å². The quantitative estimate of drug-likeness (QED) is 0.505. The lowest BCUT2D eigenvalue weighted by Gasteiger charge is -2.31. The Labute approximate surface area is 177 Å². The van der Waals surface area contributed by atoms with E-state index in [1.807, 2.05) is 39.0 Å². The normalized spacial score (nSPS) is 13.4. The third-order valence-corrected chi connectivity index (χ3v) is 6.19. The van der Waals surface area contributed by atoms with Crippen molar-refractivity contribution in [2.24, 2.45) is 0 Å². The van der Waals surface area contributed by atoms with Gasteiger partial charge < -0.3 is 5.32 Å². The zero-order valence-electron chi connectivity index (χ0n) is 17.7. The Morgan fingerprint density at radius 3 is 2.37 bits per heavy atom. The molecule has 9 heteroatoms. The zero-order valence-corrected chi connectivity index (χ0v) is 18.6. The van der Waals surface area contributed by atoms with Crippen molar-refractivity contribution in [3.8, 4) is 0 Å². The molecule has 0 aliphatic carbocycles. The molecule has 0 saturated heterocycles. The highest BCUT2D eigenvalue weighted by atomic mass is 32.2. The van der Waals surface area contributed by atoms with Crippen molar-refractivity contribution in [2.75, 3.05) is 10.6 Å². The van der Waals surface area contributed by atoms with Crippen molar-refractivity contribution < 1.29 is 18.1 Å². The van der Waals surface area contributed by atoms with Crippen LogP contribution >= 0.6 is 0 Å². The Morgan fingerprint density at radius 1 is 1.17 bits per heavy atom. The molecule has 0 bridgehead atoms. The standard InChI is InChI=1S/C21H27N3O5S/c1-6-20(21(25)22-16(4)17-11-10-14(2)15(3)12-17)23(30(5,28)29)18-8-7-9-19(13-18)24(26)27/h7-13,16,20H,6H2,1-5H3,(H,22,25)/t16-,20-/m1/s1. The van der Waals surface area contributed by atoms with Gasteiger partial charge in [0, 0.05) is 12.1 Å². The van der Waals surface area contributed by atoms with Gasteiger partial charge in [-0.2, -0.15) is 0 Å². The van der Waals surface area contributed by atoms with Crippen LogP contribution in [0.4, 0.5) is 11.4 Å². The molecule has 0 aromatic heterocycles. The van der Waals surface area contributed by atoms with Gasteiger partial charge in [-0.1, -0.05) is 31.2 Å². The first-order valence-electron chi connectivity index (χ1n) is 9.57. The summed E-state index contributed by atoms with van der Waals surface area (Å²) in [5, 5.41) is 14.0. The summed E-state index contributed by atoms with van der Waals surface area (Å²) in [6.45, 7) is 7.50. The van der Waals surface area contributed by atoms with Gasteiger partial charge in [0.1, 0.15) is 6.04 Å². The van der Waals surface area contributed by atoms with Gasteiger partial charge in [0.25, 0.3) is 5.69 Å². The van der Waals surface area contributed by atoms with Crippen molar-refractivity contribution in [3.63, 3.8) is 0 Å². The molecule has 2 atom stereocenters. The van der Waals surface area contributed by atoms with E-state index >= 15 is 0 Å². The number of carbonyl (C=O) groups is 1. The molecule has 1 N–H and O–H groups in total. The van der Waals surface area contributed by atoms with Gasteiger partial charge in [0.2, 0.25) is 15.9 Å². The number of benzene rings is 2. The van der Waals surface area contributed by atoms with E-state index in [-0.39, 0.29) is 23.8 Å². The van der Waals surface area contributed by atoms with Gasteiger partial charge in [0.05, 0.1) is 22.9 Å². The molecule has 0 aliphatic heterocycles. The molecule has 0 aliphatic rings. The highest BCUT2D eigenvalue weighted by Gasteiger charge is 2.33. The number of nitro groups is 1. The molecule has 0 unspecified atom stereocenters. The molecule has 162 valence electrons. The van der Waals surface area contributed by atoms with Crippen LogP contribution < -0.4 is 9.62 Å². The lowest BCUT2D eigenvalue weighted by Crippen LogP contribution is -2.49. The maximum Gasteiger partial charge on any atom is 0.271 e. The molecule has 0 spiro atoms. The van der Waals surface area contributed by atoms with E-state index in [2.05, 4.69) is 5.32 Å². The summed E-state index contributed by atoms with van der Waals surface area (Å²) in [6, 6.07) is 9.75. The number of sulfonamides is 1. The molecule has 0 saturated carbocycles. The minimum atomic E-state index is -3.88. The van der Waals surface area contributed by atoms with E-state index < -0.39 is 26.9 Å². The predicted molar refractivity (Wildman–Crippen MR) is 117 cm³/mol. The van der Waals surface area contributed by atoms with Crippen molar-refractivity contribution in [2.45, 2.75) is 46.2 Å². The van der Waals surface area contributed by atoms with Crippen molar-refractivity contribution in [1.29, 1.82) is 0 Å². The fourth-order valence-electron chi connectivity index (χ4n) is 3.23. The maximum atomic E-state index is 13.0. The topological polar surface area (TPSA) is 110 Å². The molecule has 2 aromatic carbocycles. The summed E-state index contributed by atoms with van der Waals surface area (Å²) in [5.74, 6) is -0.472. The summed E-state index contributed by atoms with van der Waals surface area (Å²) in [4.78, 5) is 23.5. The highest BCUT2D eigenvalue weighted by molar-refractivity contribution is 7.92. The van der Waals surface area contributed by atoms with Crippen LogP contribution in [0.15, 0.2) is 42.5 Å². The summed E-state index contributed by atoms with van der Waals surface area (Å²) in [6.07, 6.45) is 1.18. The Kier molecular flexibility index (Phi) is 7.20. The molecule has 0 radical (unpaired) electrons. The molecule has 8 nitrogen and oxygen atoms in total. The second kappa shape index (κ2) is 9.25. The van der Waals surface area contributed by atoms with Crippen LogP contribution in [0, 0.1) is 24.0 Å². The molecule has 30 heavy (non-hydrogen) atoms. The lowest BCUT2D eigenvalue weighted by atomic mass is 10.0. The Morgan fingerprint density at radius 2 is 1.83 bits per heavy atom. The van der Waals surface area contributed by atoms with Gasteiger partial charge in [-0.05, 0) is 49.9 Å². The Bertz CT molecular complexity index is 1050. The number of anilines is 1. The maximum absolute atomic E-state index is 13.0. The molecule has 0 fully saturated rings. The summed E-state index contributed by atoms with van der Waals surface area (Å²) in [7, 11) is -3.88. The van der Waals surface area contributed by atoms with Crippen molar-refractivity contribution in [1.82, 2.24) is 5.32 Å². The fourth-order valence-corrected chi connectivity index (χ4v) is 4.43. The number of nitro benzene ring substituents is 1. The molecule has 2 aromatic rings. The highest BCUT2D eigenvalue weighted by Crippen LogP contribution is 2.27. The number of non-ortho nitro benzene ring substituents is 1. The van der Waals surface area contributed by atoms with Gasteiger partial charge in [0.15, 0.2) is 0 Å². The molecule has 2 rings (SSSR count). The predicted octanol–water partition coefficient (Wildman–Crippen LogP) is 3.63. The van der Waals surface area contributed by atoms with E-state index in [0.29, 0.717) is 0 Å². The van der Waals surface area contributed by atoms with Gasteiger partial charge in [-0.25, -0.2) is 8.42 Å². The second-order valence-electron chi connectivity index (χ2n) is 7.33. The second-order valence-corrected chi connectivity index (χ2v) is 9.19. The minimum absolute atomic E-state index is 0.0764. The number of amides is 1. The van der Waals surface area contributed by atoms with E-state index in [0.717, 1.165) is 33.3 Å². The summed E-state index contributed by atoms with van der Waals surface area (Å²) >= 11 is 0. The van der Waals surface area contributed by atoms with E-state index in [4.69, 9.17) is 0 Å². The number of nitrogens with one attached hydrogen (secondary N) is 1. The van der Waals surface area contributed by atoms with Crippen LogP contribution in [0.2, 0.25) is 0 Å². The first-order chi connectivity index (χ1) is 14.0. The smallest absolute Gasteiger partial charge is 0.271 e. The monoisotopic (exact) mass is 433 g/mol. The van der Waals surface area contributed by atoms with Gasteiger partial charge in [-0.15, -0.1) is 0 Å². The zero-order chi connectivity index (χ0) is 22.6. The van der Waals surface area contributed by atoms with E-state index in [1.165, 1.54) is 18.2 Å². The first kappa shape index (κ1) is 23.3. The minimum Gasteiger partial charge on any atom is -0.348 e. The molecular formula is C21H27N3O5S. The van der Waals surface area contributed by atoms with E-state index in [1.54, 1.807) is 6.92 Å². The number of hydrogen-bond acceptors (Lipinski definition) is 5. The Hall–Kier alpha value is -2.94. The molecule has 1 amide bonds. The number of rotatable bonds is 8. The van der Waals surface area contributed by atoms with Crippen LogP contribution in [0.3, 0.4) is 0 Å². The number of hydrogen-bond donors (Lipinski definition) is 1. The number of nitrogens with zero attached hydrogens (tertiary/aromatic N) is 2.